The summed E-state index contributed by atoms with van der Waals surface area (Å²) in [4.78, 5) is 4.67. The molecule has 5 heteroatoms. The highest BCUT2D eigenvalue weighted by Gasteiger charge is 2.34. The van der Waals surface area contributed by atoms with Gasteiger partial charge in [-0.2, -0.15) is 0 Å². The number of aliphatic imine (C=N–C) groups is 1. The molecule has 0 radical (unpaired) electrons. The predicted octanol–water partition coefficient (Wildman–Crippen LogP) is 3.73. The van der Waals surface area contributed by atoms with E-state index in [0.29, 0.717) is 12.5 Å². The highest BCUT2D eigenvalue weighted by atomic mass is 16.5. The van der Waals surface area contributed by atoms with E-state index in [-0.39, 0.29) is 5.41 Å². The van der Waals surface area contributed by atoms with Crippen LogP contribution in [0.5, 0.6) is 5.75 Å². The van der Waals surface area contributed by atoms with Crippen molar-refractivity contribution in [3.05, 3.63) is 59.7 Å². The van der Waals surface area contributed by atoms with E-state index in [4.69, 9.17) is 15.2 Å². The van der Waals surface area contributed by atoms with Crippen LogP contribution >= 0.6 is 0 Å². The Kier molecular flexibility index (Phi) is 6.35. The van der Waals surface area contributed by atoms with Crippen LogP contribution < -0.4 is 15.8 Å². The summed E-state index contributed by atoms with van der Waals surface area (Å²) in [5.74, 6) is 1.31. The van der Waals surface area contributed by atoms with E-state index >= 15 is 0 Å². The number of rotatable bonds is 6. The number of nitrogens with two attached hydrogens (primary N) is 1. The van der Waals surface area contributed by atoms with E-state index in [9.17, 15) is 0 Å². The van der Waals surface area contributed by atoms with Crippen LogP contribution in [0.3, 0.4) is 0 Å². The minimum atomic E-state index is -0.0527. The minimum absolute atomic E-state index is 0.0527. The number of nitrogens with zero attached hydrogens (tertiary/aromatic N) is 1. The van der Waals surface area contributed by atoms with Crippen LogP contribution in [0.15, 0.2) is 53.5 Å². The molecule has 2 aromatic carbocycles. The first-order valence-corrected chi connectivity index (χ1v) is 9.53. The molecule has 0 amide bonds. The Bertz CT molecular complexity index is 748. The van der Waals surface area contributed by atoms with Crippen molar-refractivity contribution in [2.75, 3.05) is 32.2 Å². The molecule has 3 N–H and O–H groups in total. The Morgan fingerprint density at radius 2 is 1.78 bits per heavy atom. The molecule has 2 aromatic rings. The third-order valence-electron chi connectivity index (χ3n) is 5.34. The quantitative estimate of drug-likeness (QED) is 0.603. The first-order chi connectivity index (χ1) is 13.1. The lowest BCUT2D eigenvalue weighted by molar-refractivity contribution is 0.0531. The Hall–Kier alpha value is -2.53. The van der Waals surface area contributed by atoms with Gasteiger partial charge in [0.1, 0.15) is 5.75 Å². The van der Waals surface area contributed by atoms with E-state index in [2.05, 4.69) is 41.5 Å². The average Bonchev–Trinajstić information content (AvgIpc) is 2.73. The largest absolute Gasteiger partial charge is 0.497 e. The van der Waals surface area contributed by atoms with Gasteiger partial charge in [0.05, 0.1) is 13.7 Å². The fourth-order valence-electron chi connectivity index (χ4n) is 3.49. The van der Waals surface area contributed by atoms with Crippen molar-refractivity contribution in [2.45, 2.75) is 31.6 Å². The van der Waals surface area contributed by atoms with E-state index in [1.54, 1.807) is 7.11 Å². The summed E-state index contributed by atoms with van der Waals surface area (Å²) < 4.78 is 10.9. The number of aryl methyl sites for hydroxylation is 1. The van der Waals surface area contributed by atoms with E-state index in [1.165, 1.54) is 11.1 Å². The lowest BCUT2D eigenvalue weighted by Gasteiger charge is -2.36. The molecule has 0 aromatic heterocycles. The van der Waals surface area contributed by atoms with Gasteiger partial charge in [-0.3, -0.25) is 4.99 Å². The zero-order chi connectivity index (χ0) is 19.1. The van der Waals surface area contributed by atoms with Crippen molar-refractivity contribution < 1.29 is 9.47 Å². The summed E-state index contributed by atoms with van der Waals surface area (Å²) in [6.45, 7) is 4.26. The Labute approximate surface area is 161 Å². The summed E-state index contributed by atoms with van der Waals surface area (Å²) >= 11 is 0. The molecular weight excluding hydrogens is 338 g/mol. The van der Waals surface area contributed by atoms with Gasteiger partial charge >= 0.3 is 0 Å². The van der Waals surface area contributed by atoms with Crippen molar-refractivity contribution in [1.82, 2.24) is 0 Å². The van der Waals surface area contributed by atoms with Gasteiger partial charge in [0.15, 0.2) is 5.96 Å². The summed E-state index contributed by atoms with van der Waals surface area (Å²) in [5.41, 5.74) is 9.63. The molecule has 27 heavy (non-hydrogen) atoms. The number of nitrogens with one attached hydrogen (secondary N) is 1. The van der Waals surface area contributed by atoms with Crippen LogP contribution in [-0.2, 0) is 16.6 Å². The summed E-state index contributed by atoms with van der Waals surface area (Å²) in [6, 6.07) is 16.6. The fraction of sp³-hybridized carbons (Fsp3) is 0.409. The van der Waals surface area contributed by atoms with Crippen molar-refractivity contribution in [1.29, 1.82) is 0 Å². The molecule has 0 unspecified atom stereocenters. The third kappa shape index (κ3) is 4.80. The molecule has 1 aliphatic rings. The second kappa shape index (κ2) is 8.91. The molecule has 0 saturated carbocycles. The maximum atomic E-state index is 6.16. The molecule has 0 bridgehead atoms. The first kappa shape index (κ1) is 19.2. The van der Waals surface area contributed by atoms with Gasteiger partial charge in [0, 0.05) is 24.3 Å². The van der Waals surface area contributed by atoms with Gasteiger partial charge in [-0.05, 0) is 54.7 Å². The number of ether oxygens (including phenoxy) is 2. The molecule has 144 valence electrons. The zero-order valence-corrected chi connectivity index (χ0v) is 16.2. The van der Waals surface area contributed by atoms with Gasteiger partial charge in [0.25, 0.3) is 0 Å². The Balaban J connectivity index is 1.73. The second-order valence-electron chi connectivity index (χ2n) is 7.00. The SMILES string of the molecule is CCc1ccc(NC(N)=NCC2(c3ccc(OC)cc3)CCOCC2)cc1. The van der Waals surface area contributed by atoms with E-state index in [0.717, 1.165) is 43.9 Å². The maximum Gasteiger partial charge on any atom is 0.193 e. The van der Waals surface area contributed by atoms with Gasteiger partial charge in [0.2, 0.25) is 0 Å². The van der Waals surface area contributed by atoms with Crippen molar-refractivity contribution in [3.63, 3.8) is 0 Å². The Morgan fingerprint density at radius 1 is 1.11 bits per heavy atom. The molecular formula is C22H29N3O2. The number of hydrogen-bond donors (Lipinski definition) is 2. The first-order valence-electron chi connectivity index (χ1n) is 9.53. The van der Waals surface area contributed by atoms with Crippen LogP contribution in [0.2, 0.25) is 0 Å². The number of benzene rings is 2. The monoisotopic (exact) mass is 367 g/mol. The molecule has 1 heterocycles. The summed E-state index contributed by atoms with van der Waals surface area (Å²) in [7, 11) is 1.68. The molecule has 3 rings (SSSR count). The Morgan fingerprint density at radius 3 is 2.37 bits per heavy atom. The molecule has 0 spiro atoms. The van der Waals surface area contributed by atoms with Crippen molar-refractivity contribution in [3.8, 4) is 5.75 Å². The summed E-state index contributed by atoms with van der Waals surface area (Å²) in [5, 5.41) is 3.20. The molecule has 1 fully saturated rings. The average molecular weight is 367 g/mol. The number of guanidine groups is 1. The second-order valence-corrected chi connectivity index (χ2v) is 7.00. The normalized spacial score (nSPS) is 16.7. The number of anilines is 1. The van der Waals surface area contributed by atoms with Crippen molar-refractivity contribution >= 4 is 11.6 Å². The summed E-state index contributed by atoms with van der Waals surface area (Å²) in [6.07, 6.45) is 2.89. The van der Waals surface area contributed by atoms with Gasteiger partial charge in [-0.15, -0.1) is 0 Å². The topological polar surface area (TPSA) is 68.9 Å². The lowest BCUT2D eigenvalue weighted by atomic mass is 9.74. The molecule has 1 aliphatic heterocycles. The van der Waals surface area contributed by atoms with Gasteiger partial charge in [-0.1, -0.05) is 31.2 Å². The number of methoxy groups -OCH3 is 1. The molecule has 0 atom stereocenters. The highest BCUT2D eigenvalue weighted by molar-refractivity contribution is 5.92. The van der Waals surface area contributed by atoms with E-state index < -0.39 is 0 Å². The molecule has 1 saturated heterocycles. The predicted molar refractivity (Wildman–Crippen MR) is 111 cm³/mol. The van der Waals surface area contributed by atoms with Crippen LogP contribution in [0.1, 0.15) is 30.9 Å². The van der Waals surface area contributed by atoms with Crippen LogP contribution in [0.25, 0.3) is 0 Å². The maximum absolute atomic E-state index is 6.16. The van der Waals surface area contributed by atoms with Crippen molar-refractivity contribution in [2.24, 2.45) is 10.7 Å². The lowest BCUT2D eigenvalue weighted by Crippen LogP contribution is -2.38. The van der Waals surface area contributed by atoms with Gasteiger partial charge < -0.3 is 20.5 Å². The third-order valence-corrected chi connectivity index (χ3v) is 5.34. The minimum Gasteiger partial charge on any atom is -0.497 e. The fourth-order valence-corrected chi connectivity index (χ4v) is 3.49. The van der Waals surface area contributed by atoms with Gasteiger partial charge in [-0.25, -0.2) is 0 Å². The highest BCUT2D eigenvalue weighted by Crippen LogP contribution is 2.36. The van der Waals surface area contributed by atoms with E-state index in [1.807, 2.05) is 24.3 Å². The van der Waals surface area contributed by atoms with Crippen LogP contribution in [-0.4, -0.2) is 32.8 Å². The van der Waals surface area contributed by atoms with Crippen LogP contribution in [0, 0.1) is 0 Å². The van der Waals surface area contributed by atoms with Crippen LogP contribution in [0.4, 0.5) is 5.69 Å². The molecule has 5 nitrogen and oxygen atoms in total. The zero-order valence-electron chi connectivity index (χ0n) is 16.2. The smallest absolute Gasteiger partial charge is 0.193 e. The molecule has 0 aliphatic carbocycles. The number of hydrogen-bond acceptors (Lipinski definition) is 3. The standard InChI is InChI=1S/C22H29N3O2/c1-3-17-4-8-19(9-5-17)25-21(23)24-16-22(12-14-27-15-13-22)18-6-10-20(26-2)11-7-18/h4-11H,3,12-16H2,1-2H3,(H3,23,24,25).